The highest BCUT2D eigenvalue weighted by Gasteiger charge is 2.07. The summed E-state index contributed by atoms with van der Waals surface area (Å²) in [5.41, 5.74) is 1.56. The van der Waals surface area contributed by atoms with E-state index in [-0.39, 0.29) is 0 Å². The lowest BCUT2D eigenvalue weighted by Gasteiger charge is -2.04. The molecule has 0 radical (unpaired) electrons. The molecule has 0 aromatic carbocycles. The molecule has 0 rings (SSSR count). The second-order valence-corrected chi connectivity index (χ2v) is 3.65. The fourth-order valence-corrected chi connectivity index (χ4v) is 1.26. The third kappa shape index (κ3) is 6.49. The Labute approximate surface area is 88.9 Å². The number of aliphatic carboxylic acids is 2. The van der Waals surface area contributed by atoms with Gasteiger partial charge in [0, 0.05) is 6.08 Å². The van der Waals surface area contributed by atoms with Gasteiger partial charge in [-0.05, 0) is 27.2 Å². The van der Waals surface area contributed by atoms with Crippen LogP contribution in [0.4, 0.5) is 0 Å². The van der Waals surface area contributed by atoms with E-state index in [0.29, 0.717) is 12.0 Å². The third-order valence-corrected chi connectivity index (χ3v) is 1.85. The van der Waals surface area contributed by atoms with Gasteiger partial charge in [-0.1, -0.05) is 17.2 Å². The summed E-state index contributed by atoms with van der Waals surface area (Å²) >= 11 is 0. The highest BCUT2D eigenvalue weighted by Crippen LogP contribution is 2.12. The van der Waals surface area contributed by atoms with Crippen LogP contribution in [0.3, 0.4) is 0 Å². The molecule has 1 atom stereocenters. The molecule has 0 spiro atoms. The SMILES string of the molecule is C/C(=C\C(=O)O)C/C(C)=C/C(C)C(=O)O. The number of carboxylic acids is 2. The van der Waals surface area contributed by atoms with Crippen molar-refractivity contribution in [2.75, 3.05) is 0 Å². The van der Waals surface area contributed by atoms with Crippen molar-refractivity contribution in [3.63, 3.8) is 0 Å². The first-order chi connectivity index (χ1) is 6.82. The molecular weight excluding hydrogens is 196 g/mol. The topological polar surface area (TPSA) is 74.6 Å². The van der Waals surface area contributed by atoms with E-state index in [0.717, 1.165) is 11.6 Å². The van der Waals surface area contributed by atoms with E-state index >= 15 is 0 Å². The Morgan fingerprint density at radius 3 is 2.13 bits per heavy atom. The predicted octanol–water partition coefficient (Wildman–Crippen LogP) is 2.07. The molecule has 4 heteroatoms. The van der Waals surface area contributed by atoms with Crippen LogP contribution in [-0.2, 0) is 9.59 Å². The van der Waals surface area contributed by atoms with E-state index in [1.54, 1.807) is 26.8 Å². The average molecular weight is 212 g/mol. The molecule has 0 amide bonds. The third-order valence-electron chi connectivity index (χ3n) is 1.85. The highest BCUT2D eigenvalue weighted by molar-refractivity contribution is 5.80. The molecule has 2 N–H and O–H groups in total. The zero-order valence-electron chi connectivity index (χ0n) is 9.15. The summed E-state index contributed by atoms with van der Waals surface area (Å²) < 4.78 is 0. The Morgan fingerprint density at radius 1 is 1.20 bits per heavy atom. The van der Waals surface area contributed by atoms with Gasteiger partial charge in [0.15, 0.2) is 0 Å². The molecule has 15 heavy (non-hydrogen) atoms. The summed E-state index contributed by atoms with van der Waals surface area (Å²) in [6, 6.07) is 0. The summed E-state index contributed by atoms with van der Waals surface area (Å²) in [4.78, 5) is 20.9. The molecule has 84 valence electrons. The zero-order chi connectivity index (χ0) is 12.0. The maximum atomic E-state index is 10.5. The predicted molar refractivity (Wildman–Crippen MR) is 56.6 cm³/mol. The van der Waals surface area contributed by atoms with E-state index in [4.69, 9.17) is 10.2 Å². The van der Waals surface area contributed by atoms with Crippen LogP contribution in [0, 0.1) is 5.92 Å². The van der Waals surface area contributed by atoms with E-state index in [9.17, 15) is 9.59 Å². The Bertz CT molecular complexity index is 313. The Morgan fingerprint density at radius 2 is 1.73 bits per heavy atom. The number of allylic oxidation sites excluding steroid dienone is 2. The van der Waals surface area contributed by atoms with Crippen molar-refractivity contribution in [3.8, 4) is 0 Å². The highest BCUT2D eigenvalue weighted by atomic mass is 16.4. The molecule has 4 nitrogen and oxygen atoms in total. The summed E-state index contributed by atoms with van der Waals surface area (Å²) in [5, 5.41) is 17.1. The largest absolute Gasteiger partial charge is 0.481 e. The summed E-state index contributed by atoms with van der Waals surface area (Å²) in [6.45, 7) is 5.08. The lowest BCUT2D eigenvalue weighted by Crippen LogP contribution is -2.06. The van der Waals surface area contributed by atoms with Crippen LogP contribution < -0.4 is 0 Å². The lowest BCUT2D eigenvalue weighted by atomic mass is 10.0. The zero-order valence-corrected chi connectivity index (χ0v) is 9.15. The maximum absolute atomic E-state index is 10.5. The second-order valence-electron chi connectivity index (χ2n) is 3.65. The van der Waals surface area contributed by atoms with Gasteiger partial charge in [0.25, 0.3) is 0 Å². The van der Waals surface area contributed by atoms with Gasteiger partial charge in [0.05, 0.1) is 5.92 Å². The minimum absolute atomic E-state index is 0.490. The normalized spacial score (nSPS) is 14.9. The van der Waals surface area contributed by atoms with Crippen molar-refractivity contribution in [3.05, 3.63) is 23.3 Å². The fraction of sp³-hybridized carbons (Fsp3) is 0.455. The van der Waals surface area contributed by atoms with Crippen molar-refractivity contribution in [1.29, 1.82) is 0 Å². The van der Waals surface area contributed by atoms with Crippen LogP contribution in [0.25, 0.3) is 0 Å². The van der Waals surface area contributed by atoms with Crippen LogP contribution in [0.15, 0.2) is 23.3 Å². The standard InChI is InChI=1S/C11H16O4/c1-7(5-9(3)11(14)15)4-8(2)6-10(12)13/h5-6,9H,4H2,1-3H3,(H,12,13)(H,14,15)/b7-5+,8-6+. The van der Waals surface area contributed by atoms with Crippen molar-refractivity contribution in [1.82, 2.24) is 0 Å². The monoisotopic (exact) mass is 212 g/mol. The van der Waals surface area contributed by atoms with Crippen LogP contribution >= 0.6 is 0 Å². The quantitative estimate of drug-likeness (QED) is 0.540. The summed E-state index contributed by atoms with van der Waals surface area (Å²) in [5.74, 6) is -2.40. The number of hydrogen-bond acceptors (Lipinski definition) is 2. The smallest absolute Gasteiger partial charge is 0.328 e. The molecule has 0 aromatic heterocycles. The fourth-order valence-electron chi connectivity index (χ4n) is 1.26. The maximum Gasteiger partial charge on any atom is 0.328 e. The van der Waals surface area contributed by atoms with Gasteiger partial charge in [-0.2, -0.15) is 0 Å². The number of carboxylic acid groups (broad SMARTS) is 2. The van der Waals surface area contributed by atoms with Crippen LogP contribution in [-0.4, -0.2) is 22.2 Å². The first kappa shape index (κ1) is 13.4. The summed E-state index contributed by atoms with van der Waals surface area (Å²) in [7, 11) is 0. The van der Waals surface area contributed by atoms with Crippen LogP contribution in [0.2, 0.25) is 0 Å². The van der Waals surface area contributed by atoms with Gasteiger partial charge >= 0.3 is 11.9 Å². The first-order valence-electron chi connectivity index (χ1n) is 4.63. The Kier molecular flexibility index (Phi) is 5.37. The Hall–Kier alpha value is -1.58. The molecule has 0 saturated heterocycles. The molecule has 0 aromatic rings. The minimum Gasteiger partial charge on any atom is -0.481 e. The Balaban J connectivity index is 4.42. The molecule has 0 bridgehead atoms. The van der Waals surface area contributed by atoms with Gasteiger partial charge in [-0.15, -0.1) is 0 Å². The van der Waals surface area contributed by atoms with Gasteiger partial charge in [0.2, 0.25) is 0 Å². The summed E-state index contributed by atoms with van der Waals surface area (Å²) in [6.07, 6.45) is 3.24. The van der Waals surface area contributed by atoms with E-state index in [2.05, 4.69) is 0 Å². The first-order valence-corrected chi connectivity index (χ1v) is 4.63. The molecule has 1 unspecified atom stereocenters. The molecular formula is C11H16O4. The van der Waals surface area contributed by atoms with E-state index in [1.165, 1.54) is 0 Å². The average Bonchev–Trinajstić information content (AvgIpc) is 2.00. The van der Waals surface area contributed by atoms with Crippen molar-refractivity contribution >= 4 is 11.9 Å². The van der Waals surface area contributed by atoms with Crippen LogP contribution in [0.5, 0.6) is 0 Å². The van der Waals surface area contributed by atoms with Crippen molar-refractivity contribution in [2.24, 2.45) is 5.92 Å². The van der Waals surface area contributed by atoms with Gasteiger partial charge in [-0.25, -0.2) is 4.79 Å². The molecule has 0 fully saturated rings. The minimum atomic E-state index is -0.980. The molecule has 0 saturated carbocycles. The van der Waals surface area contributed by atoms with Crippen molar-refractivity contribution < 1.29 is 19.8 Å². The molecule has 0 aliphatic rings. The van der Waals surface area contributed by atoms with Gasteiger partial charge in [-0.3, -0.25) is 4.79 Å². The number of hydrogen-bond donors (Lipinski definition) is 2. The van der Waals surface area contributed by atoms with Crippen molar-refractivity contribution in [2.45, 2.75) is 27.2 Å². The molecule has 0 aliphatic carbocycles. The van der Waals surface area contributed by atoms with Gasteiger partial charge in [0.1, 0.15) is 0 Å². The molecule has 0 aliphatic heterocycles. The number of carbonyl (C=O) groups is 2. The van der Waals surface area contributed by atoms with Crippen LogP contribution in [0.1, 0.15) is 27.2 Å². The van der Waals surface area contributed by atoms with E-state index in [1.807, 2.05) is 0 Å². The van der Waals surface area contributed by atoms with E-state index < -0.39 is 17.9 Å². The van der Waals surface area contributed by atoms with Gasteiger partial charge < -0.3 is 10.2 Å². The second kappa shape index (κ2) is 6.01. The number of rotatable bonds is 5. The molecule has 0 heterocycles. The lowest BCUT2D eigenvalue weighted by molar-refractivity contribution is -0.139.